The predicted molar refractivity (Wildman–Crippen MR) is 79.2 cm³/mol. The smallest absolute Gasteiger partial charge is 0.315 e. The highest BCUT2D eigenvalue weighted by atomic mass is 32.1. The summed E-state index contributed by atoms with van der Waals surface area (Å²) in [6.45, 7) is 1.31. The van der Waals surface area contributed by atoms with E-state index in [0.29, 0.717) is 19.6 Å². The van der Waals surface area contributed by atoms with Crippen molar-refractivity contribution in [2.75, 3.05) is 25.0 Å². The maximum absolute atomic E-state index is 11.8. The molecule has 1 fully saturated rings. The molecular formula is C12H14N6O2S. The van der Waals surface area contributed by atoms with E-state index in [1.54, 1.807) is 11.3 Å². The zero-order chi connectivity index (χ0) is 14.7. The van der Waals surface area contributed by atoms with Gasteiger partial charge in [0.25, 0.3) is 0 Å². The van der Waals surface area contributed by atoms with Crippen molar-refractivity contribution >= 4 is 39.3 Å². The van der Waals surface area contributed by atoms with Crippen LogP contribution in [-0.4, -0.2) is 47.6 Å². The van der Waals surface area contributed by atoms with Gasteiger partial charge in [-0.2, -0.15) is 0 Å². The third kappa shape index (κ3) is 3.02. The number of hydrogen-bond donors (Lipinski definition) is 4. The van der Waals surface area contributed by atoms with Gasteiger partial charge in [-0.25, -0.2) is 14.8 Å². The second kappa shape index (κ2) is 5.92. The lowest BCUT2D eigenvalue weighted by atomic mass is 10.3. The van der Waals surface area contributed by atoms with Crippen molar-refractivity contribution < 1.29 is 9.59 Å². The van der Waals surface area contributed by atoms with Crippen LogP contribution in [0.25, 0.3) is 10.2 Å². The van der Waals surface area contributed by atoms with Gasteiger partial charge in [-0.15, -0.1) is 11.3 Å². The Morgan fingerprint density at radius 2 is 2.33 bits per heavy atom. The Labute approximate surface area is 124 Å². The average molecular weight is 306 g/mol. The van der Waals surface area contributed by atoms with Crippen LogP contribution in [0.1, 0.15) is 0 Å². The molecule has 4 N–H and O–H groups in total. The van der Waals surface area contributed by atoms with Crippen LogP contribution in [0, 0.1) is 0 Å². The molecule has 0 radical (unpaired) electrons. The fourth-order valence-electron chi connectivity index (χ4n) is 2.03. The van der Waals surface area contributed by atoms with Crippen LogP contribution in [0.5, 0.6) is 0 Å². The molecule has 110 valence electrons. The minimum Gasteiger partial charge on any atom is -0.368 e. The number of anilines is 1. The number of aromatic nitrogens is 2. The summed E-state index contributed by atoms with van der Waals surface area (Å²) in [5.41, 5.74) is 0. The Balaban J connectivity index is 1.47. The van der Waals surface area contributed by atoms with E-state index < -0.39 is 6.04 Å². The highest BCUT2D eigenvalue weighted by Crippen LogP contribution is 2.23. The Kier molecular flexibility index (Phi) is 3.82. The molecule has 0 spiro atoms. The molecule has 2 aromatic rings. The Morgan fingerprint density at radius 1 is 1.43 bits per heavy atom. The minimum atomic E-state index is -0.500. The van der Waals surface area contributed by atoms with Crippen LogP contribution in [0.3, 0.4) is 0 Å². The van der Waals surface area contributed by atoms with Gasteiger partial charge in [0.1, 0.15) is 23.0 Å². The van der Waals surface area contributed by atoms with Crippen LogP contribution < -0.4 is 21.3 Å². The van der Waals surface area contributed by atoms with Crippen LogP contribution in [0.15, 0.2) is 17.8 Å². The van der Waals surface area contributed by atoms with Crippen molar-refractivity contribution in [1.82, 2.24) is 25.9 Å². The molecule has 1 atom stereocenters. The van der Waals surface area contributed by atoms with E-state index in [-0.39, 0.29) is 11.9 Å². The van der Waals surface area contributed by atoms with Crippen LogP contribution >= 0.6 is 11.3 Å². The molecule has 0 unspecified atom stereocenters. The Morgan fingerprint density at radius 3 is 3.14 bits per heavy atom. The molecule has 1 aliphatic heterocycles. The molecule has 3 amide bonds. The molecule has 21 heavy (non-hydrogen) atoms. The number of rotatable bonds is 5. The Hall–Kier alpha value is -2.42. The summed E-state index contributed by atoms with van der Waals surface area (Å²) in [6, 6.07) is 1.15. The fraction of sp³-hybridized carbons (Fsp3) is 0.333. The van der Waals surface area contributed by atoms with Crippen molar-refractivity contribution in [3.63, 3.8) is 0 Å². The van der Waals surface area contributed by atoms with Crippen LogP contribution in [0.4, 0.5) is 10.6 Å². The van der Waals surface area contributed by atoms with E-state index in [0.717, 1.165) is 16.0 Å². The predicted octanol–water partition coefficient (Wildman–Crippen LogP) is -0.0992. The van der Waals surface area contributed by atoms with Gasteiger partial charge in [0.05, 0.1) is 5.39 Å². The molecule has 3 heterocycles. The standard InChI is InChI=1S/C12H14N6O2S/c19-10(8-5-15-12(20)18-8)14-3-2-13-9-7-1-4-21-11(7)17-6-16-9/h1,4,6,8H,2-3,5H2,(H,14,19)(H,13,16,17)(H2,15,18,20)/t8-/m0/s1. The maximum atomic E-state index is 11.8. The topological polar surface area (TPSA) is 108 Å². The first-order chi connectivity index (χ1) is 10.2. The summed E-state index contributed by atoms with van der Waals surface area (Å²) >= 11 is 1.55. The lowest BCUT2D eigenvalue weighted by Crippen LogP contribution is -2.44. The maximum Gasteiger partial charge on any atom is 0.315 e. The lowest BCUT2D eigenvalue weighted by molar-refractivity contribution is -0.122. The number of carbonyl (C=O) groups is 2. The zero-order valence-corrected chi connectivity index (χ0v) is 11.9. The number of nitrogens with one attached hydrogen (secondary N) is 4. The molecule has 2 aromatic heterocycles. The molecule has 8 nitrogen and oxygen atoms in total. The highest BCUT2D eigenvalue weighted by molar-refractivity contribution is 7.16. The third-order valence-corrected chi connectivity index (χ3v) is 3.89. The summed E-state index contributed by atoms with van der Waals surface area (Å²) in [5, 5.41) is 13.9. The second-order valence-corrected chi connectivity index (χ2v) is 5.38. The van der Waals surface area contributed by atoms with Gasteiger partial charge in [-0.1, -0.05) is 0 Å². The molecule has 3 rings (SSSR count). The number of hydrogen-bond acceptors (Lipinski definition) is 6. The van der Waals surface area contributed by atoms with Gasteiger partial charge in [0.2, 0.25) is 5.91 Å². The number of urea groups is 1. The monoisotopic (exact) mass is 306 g/mol. The number of carbonyl (C=O) groups excluding carboxylic acids is 2. The molecular weight excluding hydrogens is 292 g/mol. The lowest BCUT2D eigenvalue weighted by Gasteiger charge is -2.11. The first kappa shape index (κ1) is 13.6. The van der Waals surface area contributed by atoms with Crippen molar-refractivity contribution in [2.24, 2.45) is 0 Å². The van der Waals surface area contributed by atoms with E-state index in [1.807, 2.05) is 11.4 Å². The van der Waals surface area contributed by atoms with Gasteiger partial charge < -0.3 is 21.3 Å². The molecule has 1 saturated heterocycles. The Bertz CT molecular complexity index is 673. The van der Waals surface area contributed by atoms with E-state index in [9.17, 15) is 9.59 Å². The van der Waals surface area contributed by atoms with Gasteiger partial charge >= 0.3 is 6.03 Å². The molecule has 0 aromatic carbocycles. The largest absolute Gasteiger partial charge is 0.368 e. The quantitative estimate of drug-likeness (QED) is 0.577. The summed E-state index contributed by atoms with van der Waals surface area (Å²) in [6.07, 6.45) is 1.51. The molecule has 0 saturated carbocycles. The average Bonchev–Trinajstić information content (AvgIpc) is 3.12. The van der Waals surface area contributed by atoms with Gasteiger partial charge in [-0.05, 0) is 11.4 Å². The van der Waals surface area contributed by atoms with Crippen molar-refractivity contribution in [3.8, 4) is 0 Å². The summed E-state index contributed by atoms with van der Waals surface area (Å²) in [7, 11) is 0. The summed E-state index contributed by atoms with van der Waals surface area (Å²) in [4.78, 5) is 32.0. The summed E-state index contributed by atoms with van der Waals surface area (Å²) in [5.74, 6) is 0.560. The second-order valence-electron chi connectivity index (χ2n) is 4.49. The first-order valence-corrected chi connectivity index (χ1v) is 7.36. The highest BCUT2D eigenvalue weighted by Gasteiger charge is 2.26. The zero-order valence-electron chi connectivity index (χ0n) is 11.0. The van der Waals surface area contributed by atoms with Crippen LogP contribution in [0.2, 0.25) is 0 Å². The number of amides is 3. The van der Waals surface area contributed by atoms with Gasteiger partial charge in [0, 0.05) is 19.6 Å². The normalized spacial score (nSPS) is 17.3. The van der Waals surface area contributed by atoms with Crippen molar-refractivity contribution in [3.05, 3.63) is 17.8 Å². The first-order valence-electron chi connectivity index (χ1n) is 6.48. The molecule has 9 heteroatoms. The van der Waals surface area contributed by atoms with Crippen molar-refractivity contribution in [1.29, 1.82) is 0 Å². The van der Waals surface area contributed by atoms with E-state index >= 15 is 0 Å². The van der Waals surface area contributed by atoms with E-state index in [1.165, 1.54) is 6.33 Å². The van der Waals surface area contributed by atoms with Crippen molar-refractivity contribution in [2.45, 2.75) is 6.04 Å². The number of thiophene rings is 1. The molecule has 1 aliphatic rings. The SMILES string of the molecule is O=C1NC[C@@H](C(=O)NCCNc2ncnc3sccc23)N1. The van der Waals surface area contributed by atoms with Crippen LogP contribution in [-0.2, 0) is 4.79 Å². The summed E-state index contributed by atoms with van der Waals surface area (Å²) < 4.78 is 0. The van der Waals surface area contributed by atoms with Gasteiger partial charge in [-0.3, -0.25) is 4.79 Å². The third-order valence-electron chi connectivity index (χ3n) is 3.07. The fourth-order valence-corrected chi connectivity index (χ4v) is 2.77. The number of nitrogens with zero attached hydrogens (tertiary/aromatic N) is 2. The van der Waals surface area contributed by atoms with E-state index in [4.69, 9.17) is 0 Å². The van der Waals surface area contributed by atoms with E-state index in [2.05, 4.69) is 31.2 Å². The van der Waals surface area contributed by atoms with Gasteiger partial charge in [0.15, 0.2) is 0 Å². The molecule has 0 bridgehead atoms. The number of fused-ring (bicyclic) bond motifs is 1. The minimum absolute atomic E-state index is 0.196. The molecule has 0 aliphatic carbocycles.